The van der Waals surface area contributed by atoms with Crippen LogP contribution < -0.4 is 19.5 Å². The van der Waals surface area contributed by atoms with E-state index in [-0.39, 0.29) is 21.5 Å². The summed E-state index contributed by atoms with van der Waals surface area (Å²) in [6.07, 6.45) is 0. The first kappa shape index (κ1) is 22.9. The Labute approximate surface area is 197 Å². The molecule has 33 heavy (non-hydrogen) atoms. The summed E-state index contributed by atoms with van der Waals surface area (Å²) in [6.45, 7) is 4.59. The summed E-state index contributed by atoms with van der Waals surface area (Å²) in [7, 11) is -4.01. The highest BCUT2D eigenvalue weighted by atomic mass is 35.5. The van der Waals surface area contributed by atoms with Gasteiger partial charge >= 0.3 is 0 Å². The fourth-order valence-electron chi connectivity index (χ4n) is 3.43. The number of rotatable bonds is 6. The van der Waals surface area contributed by atoms with Gasteiger partial charge in [0, 0.05) is 5.56 Å². The maximum atomic E-state index is 13.0. The Bertz CT molecular complexity index is 1310. The lowest BCUT2D eigenvalue weighted by Crippen LogP contribution is -2.27. The average Bonchev–Trinajstić information content (AvgIpc) is 2.80. The number of sulfonamides is 1. The molecule has 0 saturated carbocycles. The van der Waals surface area contributed by atoms with Gasteiger partial charge in [-0.1, -0.05) is 35.9 Å². The lowest BCUT2D eigenvalue weighted by atomic mass is 10.1. The van der Waals surface area contributed by atoms with Crippen LogP contribution in [-0.2, 0) is 10.0 Å². The highest BCUT2D eigenvalue weighted by molar-refractivity contribution is 7.92. The van der Waals surface area contributed by atoms with Gasteiger partial charge in [-0.3, -0.25) is 9.52 Å². The zero-order valence-corrected chi connectivity index (χ0v) is 19.7. The number of carbonyl (C=O) groups excluding carboxylic acids is 1. The number of aryl methyl sites for hydroxylation is 1. The molecule has 172 valence electrons. The van der Waals surface area contributed by atoms with Crippen molar-refractivity contribution in [1.29, 1.82) is 0 Å². The summed E-state index contributed by atoms with van der Waals surface area (Å²) in [5, 5.41) is 2.90. The van der Waals surface area contributed by atoms with E-state index in [0.29, 0.717) is 30.4 Å². The Morgan fingerprint density at radius 2 is 1.73 bits per heavy atom. The van der Waals surface area contributed by atoms with Crippen LogP contribution in [0, 0.1) is 6.92 Å². The normalized spacial score (nSPS) is 13.8. The number of benzene rings is 3. The van der Waals surface area contributed by atoms with E-state index in [1.807, 2.05) is 25.1 Å². The van der Waals surface area contributed by atoms with Crippen LogP contribution in [0.2, 0.25) is 5.02 Å². The number of fused-ring (bicyclic) bond motifs is 1. The first-order chi connectivity index (χ1) is 15.7. The van der Waals surface area contributed by atoms with Crippen molar-refractivity contribution in [2.24, 2.45) is 0 Å². The maximum Gasteiger partial charge on any atom is 0.263 e. The van der Waals surface area contributed by atoms with Gasteiger partial charge in [0.25, 0.3) is 15.9 Å². The average molecular weight is 487 g/mol. The van der Waals surface area contributed by atoms with E-state index in [4.69, 9.17) is 21.1 Å². The molecule has 0 saturated heterocycles. The minimum absolute atomic E-state index is 0.0209. The monoisotopic (exact) mass is 486 g/mol. The Morgan fingerprint density at radius 1 is 1.00 bits per heavy atom. The Balaban J connectivity index is 1.54. The van der Waals surface area contributed by atoms with E-state index in [2.05, 4.69) is 10.0 Å². The zero-order chi connectivity index (χ0) is 23.6. The Kier molecular flexibility index (Phi) is 6.49. The summed E-state index contributed by atoms with van der Waals surface area (Å²) in [4.78, 5) is 12.7. The van der Waals surface area contributed by atoms with Crippen molar-refractivity contribution in [3.63, 3.8) is 0 Å². The van der Waals surface area contributed by atoms with Gasteiger partial charge in [0.2, 0.25) is 0 Å². The third-order valence-electron chi connectivity index (χ3n) is 5.29. The van der Waals surface area contributed by atoms with Gasteiger partial charge in [-0.15, -0.1) is 0 Å². The predicted octanol–water partition coefficient (Wildman–Crippen LogP) is 4.71. The zero-order valence-electron chi connectivity index (χ0n) is 18.1. The van der Waals surface area contributed by atoms with Gasteiger partial charge in [0.05, 0.1) is 16.8 Å². The van der Waals surface area contributed by atoms with Crippen LogP contribution in [0.25, 0.3) is 0 Å². The molecule has 2 N–H and O–H groups in total. The van der Waals surface area contributed by atoms with Gasteiger partial charge in [-0.2, -0.15) is 0 Å². The molecule has 4 rings (SSSR count). The molecule has 3 aromatic carbocycles. The molecule has 0 aliphatic carbocycles. The number of para-hydroxylation sites is 1. The SMILES string of the molecule is Cc1ccccc1NS(=O)(=O)c1cc(C(=O)N[C@@H](C)c2ccc3c(c2)OCCO3)ccc1Cl. The largest absolute Gasteiger partial charge is 0.486 e. The smallest absolute Gasteiger partial charge is 0.263 e. The van der Waals surface area contributed by atoms with Crippen LogP contribution in [0.3, 0.4) is 0 Å². The summed E-state index contributed by atoms with van der Waals surface area (Å²) in [5.41, 5.74) is 2.21. The standard InChI is InChI=1S/C24H23ClN2O5S/c1-15-5-3-4-6-20(15)27-33(29,30)23-14-18(7-9-19(23)25)24(28)26-16(2)17-8-10-21-22(13-17)32-12-11-31-21/h3-10,13-14,16,27H,11-12H2,1-2H3,(H,26,28)/t16-/m0/s1. The topological polar surface area (TPSA) is 93.7 Å². The third kappa shape index (κ3) is 5.07. The van der Waals surface area contributed by atoms with Gasteiger partial charge in [-0.25, -0.2) is 8.42 Å². The van der Waals surface area contributed by atoms with Crippen LogP contribution in [0.5, 0.6) is 11.5 Å². The van der Waals surface area contributed by atoms with Gasteiger partial charge in [0.1, 0.15) is 18.1 Å². The molecular formula is C24H23ClN2O5S. The minimum atomic E-state index is -4.01. The molecule has 1 aliphatic rings. The molecule has 3 aromatic rings. The first-order valence-corrected chi connectivity index (χ1v) is 12.2. The van der Waals surface area contributed by atoms with Crippen molar-refractivity contribution in [3.05, 3.63) is 82.4 Å². The third-order valence-corrected chi connectivity index (χ3v) is 7.13. The van der Waals surface area contributed by atoms with E-state index < -0.39 is 15.9 Å². The van der Waals surface area contributed by atoms with Crippen molar-refractivity contribution >= 4 is 33.2 Å². The molecule has 0 aromatic heterocycles. The van der Waals surface area contributed by atoms with Gasteiger partial charge in [-0.05, 0) is 61.4 Å². The Hall–Kier alpha value is -3.23. The summed E-state index contributed by atoms with van der Waals surface area (Å²) in [5.74, 6) is 0.862. The van der Waals surface area contributed by atoms with Crippen LogP contribution in [-0.4, -0.2) is 27.5 Å². The molecule has 0 spiro atoms. The summed E-state index contributed by atoms with van der Waals surface area (Å²) < 4.78 is 39.6. The first-order valence-electron chi connectivity index (χ1n) is 10.3. The van der Waals surface area contributed by atoms with Gasteiger partial charge < -0.3 is 14.8 Å². The van der Waals surface area contributed by atoms with E-state index in [1.54, 1.807) is 31.2 Å². The Morgan fingerprint density at radius 3 is 2.48 bits per heavy atom. The molecule has 0 radical (unpaired) electrons. The molecule has 0 fully saturated rings. The van der Waals surface area contributed by atoms with E-state index >= 15 is 0 Å². The van der Waals surface area contributed by atoms with Crippen LogP contribution in [0.1, 0.15) is 34.5 Å². The number of nitrogens with one attached hydrogen (secondary N) is 2. The number of halogens is 1. The second-order valence-corrected chi connectivity index (χ2v) is 9.72. The number of carbonyl (C=O) groups is 1. The molecule has 1 amide bonds. The second-order valence-electron chi connectivity index (χ2n) is 7.66. The molecule has 7 nitrogen and oxygen atoms in total. The molecule has 0 unspecified atom stereocenters. The lowest BCUT2D eigenvalue weighted by Gasteiger charge is -2.21. The van der Waals surface area contributed by atoms with Crippen LogP contribution in [0.15, 0.2) is 65.6 Å². The molecular weight excluding hydrogens is 464 g/mol. The molecule has 1 aliphatic heterocycles. The molecule has 9 heteroatoms. The van der Waals surface area contributed by atoms with E-state index in [0.717, 1.165) is 11.1 Å². The van der Waals surface area contributed by atoms with Crippen molar-refractivity contribution in [2.45, 2.75) is 24.8 Å². The fourth-order valence-corrected chi connectivity index (χ4v) is 5.09. The molecule has 0 bridgehead atoms. The van der Waals surface area contributed by atoms with Crippen LogP contribution >= 0.6 is 11.6 Å². The number of hydrogen-bond donors (Lipinski definition) is 2. The van der Waals surface area contributed by atoms with Gasteiger partial charge in [0.15, 0.2) is 11.5 Å². The lowest BCUT2D eigenvalue weighted by molar-refractivity contribution is 0.0939. The van der Waals surface area contributed by atoms with E-state index in [9.17, 15) is 13.2 Å². The predicted molar refractivity (Wildman–Crippen MR) is 127 cm³/mol. The maximum absolute atomic E-state index is 13.0. The number of ether oxygens (including phenoxy) is 2. The van der Waals surface area contributed by atoms with Crippen molar-refractivity contribution in [1.82, 2.24) is 5.32 Å². The van der Waals surface area contributed by atoms with Crippen molar-refractivity contribution in [3.8, 4) is 11.5 Å². The van der Waals surface area contributed by atoms with Crippen LogP contribution in [0.4, 0.5) is 5.69 Å². The quantitative estimate of drug-likeness (QED) is 0.526. The number of hydrogen-bond acceptors (Lipinski definition) is 5. The van der Waals surface area contributed by atoms with Crippen molar-refractivity contribution < 1.29 is 22.7 Å². The van der Waals surface area contributed by atoms with E-state index in [1.165, 1.54) is 18.2 Å². The van der Waals surface area contributed by atoms with Crippen molar-refractivity contribution in [2.75, 3.05) is 17.9 Å². The second kappa shape index (κ2) is 9.33. The fraction of sp³-hybridized carbons (Fsp3) is 0.208. The molecule has 1 atom stereocenters. The summed E-state index contributed by atoms with van der Waals surface area (Å²) in [6, 6.07) is 16.3. The number of amides is 1. The highest BCUT2D eigenvalue weighted by Gasteiger charge is 2.22. The highest BCUT2D eigenvalue weighted by Crippen LogP contribution is 2.33. The molecule has 1 heterocycles. The number of anilines is 1. The summed E-state index contributed by atoms with van der Waals surface area (Å²) >= 11 is 6.18. The minimum Gasteiger partial charge on any atom is -0.486 e.